The first-order valence-electron chi connectivity index (χ1n) is 10.0. The number of nitrogens with zero attached hydrogens (tertiary/aromatic N) is 2. The van der Waals surface area contributed by atoms with Crippen molar-refractivity contribution in [3.8, 4) is 16.9 Å². The lowest BCUT2D eigenvalue weighted by Gasteiger charge is -2.17. The zero-order valence-electron chi connectivity index (χ0n) is 17.8. The molecule has 0 radical (unpaired) electrons. The molecule has 0 aliphatic heterocycles. The second kappa shape index (κ2) is 9.39. The van der Waals surface area contributed by atoms with Crippen molar-refractivity contribution in [2.45, 2.75) is 33.7 Å². The van der Waals surface area contributed by atoms with Gasteiger partial charge in [-0.1, -0.05) is 61.9 Å². The van der Waals surface area contributed by atoms with E-state index in [1.54, 1.807) is 10.9 Å². The molecular formula is C24H27N3O3. The van der Waals surface area contributed by atoms with Crippen molar-refractivity contribution >= 4 is 11.9 Å². The molecule has 0 unspecified atom stereocenters. The van der Waals surface area contributed by atoms with Gasteiger partial charge in [-0.2, -0.15) is 5.10 Å². The molecule has 2 aromatic carbocycles. The predicted octanol–water partition coefficient (Wildman–Crippen LogP) is 4.17. The van der Waals surface area contributed by atoms with Crippen molar-refractivity contribution in [1.82, 2.24) is 15.1 Å². The molecule has 6 nitrogen and oxygen atoms in total. The summed E-state index contributed by atoms with van der Waals surface area (Å²) in [7, 11) is 0. The fourth-order valence-corrected chi connectivity index (χ4v) is 2.83. The molecule has 1 amide bonds. The number of nitrogens with one attached hydrogen (secondary N) is 1. The van der Waals surface area contributed by atoms with Crippen LogP contribution in [0.2, 0.25) is 0 Å². The summed E-state index contributed by atoms with van der Waals surface area (Å²) >= 11 is 0. The van der Waals surface area contributed by atoms with Crippen LogP contribution in [0.4, 0.5) is 0 Å². The van der Waals surface area contributed by atoms with Crippen LogP contribution >= 0.6 is 0 Å². The molecule has 1 aromatic heterocycles. The van der Waals surface area contributed by atoms with E-state index in [0.29, 0.717) is 17.2 Å². The number of aryl methyl sites for hydroxylation is 1. The maximum absolute atomic E-state index is 12.8. The number of aromatic nitrogens is 2. The number of carbonyl (C=O) groups excluding carboxylic acids is 2. The summed E-state index contributed by atoms with van der Waals surface area (Å²) in [6, 6.07) is 17.3. The average molecular weight is 405 g/mol. The summed E-state index contributed by atoms with van der Waals surface area (Å²) in [5.41, 5.74) is 3.57. The van der Waals surface area contributed by atoms with Gasteiger partial charge in [0.15, 0.2) is 6.61 Å². The molecule has 0 bridgehead atoms. The van der Waals surface area contributed by atoms with Crippen LogP contribution in [-0.4, -0.2) is 34.3 Å². The van der Waals surface area contributed by atoms with Crippen molar-refractivity contribution in [1.29, 1.82) is 0 Å². The van der Waals surface area contributed by atoms with Gasteiger partial charge >= 0.3 is 5.97 Å². The minimum absolute atomic E-state index is 0.000141. The van der Waals surface area contributed by atoms with Crippen LogP contribution in [-0.2, 0) is 9.53 Å². The van der Waals surface area contributed by atoms with E-state index in [4.69, 9.17) is 4.74 Å². The van der Waals surface area contributed by atoms with Gasteiger partial charge in [-0.15, -0.1) is 0 Å². The molecule has 0 fully saturated rings. The number of ether oxygens (including phenoxy) is 1. The number of para-hydroxylation sites is 1. The Labute approximate surface area is 176 Å². The average Bonchev–Trinajstić information content (AvgIpc) is 3.18. The van der Waals surface area contributed by atoms with Gasteiger partial charge in [0.1, 0.15) is 11.3 Å². The molecule has 3 rings (SSSR count). The van der Waals surface area contributed by atoms with E-state index in [1.165, 1.54) is 0 Å². The van der Waals surface area contributed by atoms with Crippen molar-refractivity contribution in [3.05, 3.63) is 71.9 Å². The molecule has 1 atom stereocenters. The Morgan fingerprint density at radius 1 is 1.03 bits per heavy atom. The Morgan fingerprint density at radius 2 is 1.70 bits per heavy atom. The van der Waals surface area contributed by atoms with Crippen LogP contribution < -0.4 is 5.32 Å². The molecule has 1 N–H and O–H groups in total. The van der Waals surface area contributed by atoms with Crippen molar-refractivity contribution < 1.29 is 14.3 Å². The second-order valence-electron chi connectivity index (χ2n) is 7.71. The molecule has 0 aliphatic carbocycles. The topological polar surface area (TPSA) is 73.2 Å². The summed E-state index contributed by atoms with van der Waals surface area (Å²) < 4.78 is 6.95. The Balaban J connectivity index is 1.85. The minimum Gasteiger partial charge on any atom is -0.452 e. The summed E-state index contributed by atoms with van der Waals surface area (Å²) in [4.78, 5) is 24.9. The zero-order chi connectivity index (χ0) is 21.7. The number of hydrogen-bond acceptors (Lipinski definition) is 4. The fourth-order valence-electron chi connectivity index (χ4n) is 2.83. The highest BCUT2D eigenvalue weighted by molar-refractivity contribution is 5.97. The van der Waals surface area contributed by atoms with E-state index in [1.807, 2.05) is 82.3 Å². The maximum atomic E-state index is 12.8. The van der Waals surface area contributed by atoms with E-state index in [9.17, 15) is 9.59 Å². The third-order valence-corrected chi connectivity index (χ3v) is 5.00. The lowest BCUT2D eigenvalue weighted by atomic mass is 10.1. The molecule has 6 heteroatoms. The van der Waals surface area contributed by atoms with Gasteiger partial charge in [-0.25, -0.2) is 9.48 Å². The smallest absolute Gasteiger partial charge is 0.342 e. The summed E-state index contributed by atoms with van der Waals surface area (Å²) in [5, 5.41) is 7.45. The van der Waals surface area contributed by atoms with Gasteiger partial charge in [0.05, 0.1) is 5.69 Å². The second-order valence-corrected chi connectivity index (χ2v) is 7.71. The molecule has 0 spiro atoms. The van der Waals surface area contributed by atoms with E-state index in [0.717, 1.165) is 16.8 Å². The van der Waals surface area contributed by atoms with Crippen LogP contribution in [0.5, 0.6) is 0 Å². The molecule has 156 valence electrons. The normalized spacial score (nSPS) is 11.9. The van der Waals surface area contributed by atoms with Crippen molar-refractivity contribution in [2.75, 3.05) is 6.61 Å². The number of hydrogen-bond donors (Lipinski definition) is 1. The first-order valence-corrected chi connectivity index (χ1v) is 10.0. The fraction of sp³-hybridized carbons (Fsp3) is 0.292. The quantitative estimate of drug-likeness (QED) is 0.599. The van der Waals surface area contributed by atoms with Crippen LogP contribution in [0.25, 0.3) is 16.9 Å². The highest BCUT2D eigenvalue weighted by atomic mass is 16.5. The summed E-state index contributed by atoms with van der Waals surface area (Å²) in [5.74, 6) is -0.612. The van der Waals surface area contributed by atoms with Gasteiger partial charge in [-0.3, -0.25) is 4.79 Å². The standard InChI is InChI=1S/C24H27N3O3/c1-16(2)18(4)25-22(28)15-30-24(29)21-14-27(20-8-6-5-7-9-20)26-23(21)19-12-10-17(3)11-13-19/h5-14,16,18H,15H2,1-4H3,(H,25,28)/t18-/m1/s1. The number of esters is 1. The third-order valence-electron chi connectivity index (χ3n) is 5.00. The van der Waals surface area contributed by atoms with E-state index < -0.39 is 5.97 Å². The van der Waals surface area contributed by atoms with Crippen LogP contribution in [0.3, 0.4) is 0 Å². The van der Waals surface area contributed by atoms with Crippen LogP contribution in [0.15, 0.2) is 60.8 Å². The highest BCUT2D eigenvalue weighted by Crippen LogP contribution is 2.25. The lowest BCUT2D eigenvalue weighted by molar-refractivity contribution is -0.125. The predicted molar refractivity (Wildman–Crippen MR) is 116 cm³/mol. The number of rotatable bonds is 7. The monoisotopic (exact) mass is 405 g/mol. The van der Waals surface area contributed by atoms with Crippen molar-refractivity contribution in [2.24, 2.45) is 5.92 Å². The number of amides is 1. The highest BCUT2D eigenvalue weighted by Gasteiger charge is 2.21. The van der Waals surface area contributed by atoms with E-state index in [2.05, 4.69) is 10.4 Å². The van der Waals surface area contributed by atoms with E-state index >= 15 is 0 Å². The SMILES string of the molecule is Cc1ccc(-c2nn(-c3ccccc3)cc2C(=O)OCC(=O)N[C@H](C)C(C)C)cc1. The molecule has 0 saturated carbocycles. The van der Waals surface area contributed by atoms with Gasteiger partial charge in [0.25, 0.3) is 5.91 Å². The van der Waals surface area contributed by atoms with E-state index in [-0.39, 0.29) is 18.6 Å². The Morgan fingerprint density at radius 3 is 2.33 bits per heavy atom. The first-order chi connectivity index (χ1) is 14.3. The van der Waals surface area contributed by atoms with Gasteiger partial charge in [-0.05, 0) is 31.9 Å². The summed E-state index contributed by atoms with van der Waals surface area (Å²) in [6.45, 7) is 7.62. The lowest BCUT2D eigenvalue weighted by Crippen LogP contribution is -2.38. The first kappa shape index (κ1) is 21.3. The number of carbonyl (C=O) groups is 2. The molecule has 0 saturated heterocycles. The van der Waals surface area contributed by atoms with Gasteiger partial charge in [0.2, 0.25) is 0 Å². The van der Waals surface area contributed by atoms with Gasteiger partial charge in [0, 0.05) is 17.8 Å². The minimum atomic E-state index is -0.583. The zero-order valence-corrected chi connectivity index (χ0v) is 17.8. The van der Waals surface area contributed by atoms with Crippen LogP contribution in [0, 0.1) is 12.8 Å². The number of benzene rings is 2. The largest absolute Gasteiger partial charge is 0.452 e. The van der Waals surface area contributed by atoms with Crippen molar-refractivity contribution in [3.63, 3.8) is 0 Å². The Hall–Kier alpha value is -3.41. The molecule has 30 heavy (non-hydrogen) atoms. The Bertz CT molecular complexity index is 1010. The Kier molecular flexibility index (Phi) is 6.67. The molecular weight excluding hydrogens is 378 g/mol. The molecule has 3 aromatic rings. The maximum Gasteiger partial charge on any atom is 0.342 e. The molecule has 0 aliphatic rings. The molecule has 1 heterocycles. The summed E-state index contributed by atoms with van der Waals surface area (Å²) in [6.07, 6.45) is 1.64. The van der Waals surface area contributed by atoms with Gasteiger partial charge < -0.3 is 10.1 Å². The van der Waals surface area contributed by atoms with Crippen LogP contribution in [0.1, 0.15) is 36.7 Å². The third kappa shape index (κ3) is 5.14.